The molecule has 1 amide bonds. The lowest BCUT2D eigenvalue weighted by Crippen LogP contribution is -2.47. The molecule has 3 rings (SSSR count). The molecule has 26 heavy (non-hydrogen) atoms. The fourth-order valence-corrected chi connectivity index (χ4v) is 3.13. The zero-order chi connectivity index (χ0) is 17.4. The Kier molecular flexibility index (Phi) is 7.37. The van der Waals surface area contributed by atoms with Crippen LogP contribution in [0.5, 0.6) is 0 Å². The third-order valence-electron chi connectivity index (χ3n) is 4.64. The summed E-state index contributed by atoms with van der Waals surface area (Å²) >= 11 is 0. The maximum atomic E-state index is 12.7. The van der Waals surface area contributed by atoms with Gasteiger partial charge in [-0.3, -0.25) is 18.7 Å². The number of pyridine rings is 1. The first-order valence-corrected chi connectivity index (χ1v) is 7.97. The minimum Gasteiger partial charge on any atom is -0.336 e. The highest BCUT2D eigenvalue weighted by Crippen LogP contribution is 2.14. The topological polar surface area (TPSA) is 89.2 Å². The largest absolute Gasteiger partial charge is 0.336 e. The first kappa shape index (κ1) is 22.1. The number of carbonyl (C=O) groups is 1. The van der Waals surface area contributed by atoms with Gasteiger partial charge in [0.25, 0.3) is 11.5 Å². The van der Waals surface area contributed by atoms with E-state index in [0.717, 1.165) is 17.4 Å². The summed E-state index contributed by atoms with van der Waals surface area (Å²) in [7, 11) is 4.86. The van der Waals surface area contributed by atoms with Crippen LogP contribution in [-0.4, -0.2) is 51.1 Å². The van der Waals surface area contributed by atoms with Gasteiger partial charge >= 0.3 is 5.69 Å². The van der Waals surface area contributed by atoms with E-state index in [1.165, 1.54) is 11.6 Å². The monoisotopic (exact) mass is 403 g/mol. The molecule has 0 bridgehead atoms. The lowest BCUT2D eigenvalue weighted by atomic mass is 10.1. The normalized spacial score (nSPS) is 16.7. The molecule has 3 heterocycles. The minimum absolute atomic E-state index is 0. The molecule has 0 aliphatic carbocycles. The number of nitrogens with one attached hydrogen (secondary N) is 1. The van der Waals surface area contributed by atoms with Crippen LogP contribution in [0.1, 0.15) is 23.3 Å². The third-order valence-corrected chi connectivity index (χ3v) is 4.64. The predicted octanol–water partition coefficient (Wildman–Crippen LogP) is 0.300. The van der Waals surface area contributed by atoms with Crippen LogP contribution >= 0.6 is 24.8 Å². The number of carbonyl (C=O) groups excluding carboxylic acids is 1. The quantitative estimate of drug-likeness (QED) is 0.778. The predicted molar refractivity (Wildman–Crippen MR) is 105 cm³/mol. The van der Waals surface area contributed by atoms with Crippen LogP contribution in [0.3, 0.4) is 0 Å². The molecule has 144 valence electrons. The van der Waals surface area contributed by atoms with Gasteiger partial charge in [0.2, 0.25) is 0 Å². The Balaban J connectivity index is 0.00000169. The number of likely N-dealkylation sites (tertiary alicyclic amines) is 1. The van der Waals surface area contributed by atoms with Crippen molar-refractivity contribution in [2.75, 3.05) is 20.1 Å². The number of rotatable bonds is 2. The van der Waals surface area contributed by atoms with E-state index in [0.29, 0.717) is 18.5 Å². The Morgan fingerprint density at radius 1 is 1.19 bits per heavy atom. The first-order valence-electron chi connectivity index (χ1n) is 7.97. The molecule has 1 N–H and O–H groups in total. The fourth-order valence-electron chi connectivity index (χ4n) is 3.13. The molecule has 2 aromatic heterocycles. The molecule has 0 saturated carbocycles. The molecule has 0 spiro atoms. The standard InChI is InChI=1S/C16H21N5O3.2ClH/c1-17-10-5-4-8-21(9-10)15(23)12-7-6-11-13(18-12)19(2)16(24)20(3)14(11)22;;/h6-7,10,17H,4-5,8-9H2,1-3H3;2*1H. The summed E-state index contributed by atoms with van der Waals surface area (Å²) in [5.74, 6) is -0.176. The molecule has 1 saturated heterocycles. The number of hydrogen-bond donors (Lipinski definition) is 1. The van der Waals surface area contributed by atoms with Crippen molar-refractivity contribution in [1.29, 1.82) is 0 Å². The second-order valence-electron chi connectivity index (χ2n) is 6.15. The molecule has 10 heteroatoms. The number of aromatic nitrogens is 3. The molecular formula is C16H23Cl2N5O3. The van der Waals surface area contributed by atoms with Gasteiger partial charge in [0, 0.05) is 33.2 Å². The molecule has 0 radical (unpaired) electrons. The van der Waals surface area contributed by atoms with Crippen LogP contribution < -0.4 is 16.6 Å². The number of aryl methyl sites for hydroxylation is 1. The van der Waals surface area contributed by atoms with Crippen LogP contribution in [0.25, 0.3) is 11.0 Å². The van der Waals surface area contributed by atoms with Gasteiger partial charge in [0.1, 0.15) is 11.3 Å². The summed E-state index contributed by atoms with van der Waals surface area (Å²) in [4.78, 5) is 43.0. The smallest absolute Gasteiger partial charge is 0.332 e. The molecule has 1 fully saturated rings. The summed E-state index contributed by atoms with van der Waals surface area (Å²) in [5.41, 5.74) is -0.385. The number of fused-ring (bicyclic) bond motifs is 1. The molecule has 0 aromatic carbocycles. The highest BCUT2D eigenvalue weighted by atomic mass is 35.5. The third kappa shape index (κ3) is 3.77. The number of nitrogens with zero attached hydrogens (tertiary/aromatic N) is 4. The maximum absolute atomic E-state index is 12.7. The van der Waals surface area contributed by atoms with E-state index in [-0.39, 0.29) is 48.1 Å². The van der Waals surface area contributed by atoms with E-state index in [1.54, 1.807) is 24.1 Å². The summed E-state index contributed by atoms with van der Waals surface area (Å²) in [6.45, 7) is 1.32. The molecule has 1 atom stereocenters. The van der Waals surface area contributed by atoms with Crippen LogP contribution in [0.15, 0.2) is 21.7 Å². The highest BCUT2D eigenvalue weighted by molar-refractivity contribution is 5.94. The van der Waals surface area contributed by atoms with Crippen molar-refractivity contribution in [2.45, 2.75) is 18.9 Å². The van der Waals surface area contributed by atoms with Gasteiger partial charge < -0.3 is 10.2 Å². The average molecular weight is 404 g/mol. The first-order chi connectivity index (χ1) is 11.4. The lowest BCUT2D eigenvalue weighted by molar-refractivity contribution is 0.0692. The maximum Gasteiger partial charge on any atom is 0.332 e. The molecular weight excluding hydrogens is 381 g/mol. The summed E-state index contributed by atoms with van der Waals surface area (Å²) in [6, 6.07) is 3.40. The van der Waals surface area contributed by atoms with E-state index in [2.05, 4.69) is 10.3 Å². The van der Waals surface area contributed by atoms with E-state index in [1.807, 2.05) is 7.05 Å². The highest BCUT2D eigenvalue weighted by Gasteiger charge is 2.25. The minimum atomic E-state index is -0.460. The van der Waals surface area contributed by atoms with Crippen molar-refractivity contribution in [3.63, 3.8) is 0 Å². The van der Waals surface area contributed by atoms with Gasteiger partial charge in [-0.1, -0.05) is 0 Å². The van der Waals surface area contributed by atoms with Crippen molar-refractivity contribution in [3.05, 3.63) is 38.7 Å². The average Bonchev–Trinajstić information content (AvgIpc) is 2.63. The van der Waals surface area contributed by atoms with Crippen molar-refractivity contribution < 1.29 is 4.79 Å². The molecule has 1 unspecified atom stereocenters. The zero-order valence-electron chi connectivity index (χ0n) is 14.9. The van der Waals surface area contributed by atoms with Crippen molar-refractivity contribution >= 4 is 41.8 Å². The van der Waals surface area contributed by atoms with Crippen LogP contribution in [0.2, 0.25) is 0 Å². The molecule has 8 nitrogen and oxygen atoms in total. The molecule has 2 aromatic rings. The second-order valence-corrected chi connectivity index (χ2v) is 6.15. The van der Waals surface area contributed by atoms with Crippen molar-refractivity contribution in [3.8, 4) is 0 Å². The number of hydrogen-bond acceptors (Lipinski definition) is 5. The SMILES string of the molecule is CNC1CCCN(C(=O)c2ccc3c(=O)n(C)c(=O)n(C)c3n2)C1.Cl.Cl. The van der Waals surface area contributed by atoms with Gasteiger partial charge in [0.15, 0.2) is 0 Å². The Morgan fingerprint density at radius 2 is 1.88 bits per heavy atom. The Labute approximate surface area is 163 Å². The van der Waals surface area contributed by atoms with Gasteiger partial charge in [0.05, 0.1) is 5.39 Å². The molecule has 1 aliphatic rings. The van der Waals surface area contributed by atoms with E-state index in [4.69, 9.17) is 0 Å². The Morgan fingerprint density at radius 3 is 2.54 bits per heavy atom. The number of piperidine rings is 1. The van der Waals surface area contributed by atoms with E-state index >= 15 is 0 Å². The summed E-state index contributed by atoms with van der Waals surface area (Å²) in [6.07, 6.45) is 1.97. The number of likely N-dealkylation sites (N-methyl/N-ethyl adjacent to an activating group) is 1. The van der Waals surface area contributed by atoms with E-state index in [9.17, 15) is 14.4 Å². The fraction of sp³-hybridized carbons (Fsp3) is 0.500. The van der Waals surface area contributed by atoms with Gasteiger partial charge in [-0.2, -0.15) is 0 Å². The zero-order valence-corrected chi connectivity index (χ0v) is 16.5. The summed E-state index contributed by atoms with van der Waals surface area (Å²) in [5, 5.41) is 3.52. The lowest BCUT2D eigenvalue weighted by Gasteiger charge is -2.32. The number of halogens is 2. The second kappa shape index (κ2) is 8.66. The number of amides is 1. The van der Waals surface area contributed by atoms with Gasteiger partial charge in [-0.05, 0) is 32.0 Å². The van der Waals surface area contributed by atoms with Crippen molar-refractivity contribution in [1.82, 2.24) is 24.3 Å². The van der Waals surface area contributed by atoms with E-state index < -0.39 is 11.2 Å². The molecule has 1 aliphatic heterocycles. The Bertz CT molecular complexity index is 924. The van der Waals surface area contributed by atoms with Crippen LogP contribution in [0.4, 0.5) is 0 Å². The van der Waals surface area contributed by atoms with Crippen molar-refractivity contribution in [2.24, 2.45) is 14.1 Å². The van der Waals surface area contributed by atoms with Crippen LogP contribution in [-0.2, 0) is 14.1 Å². The van der Waals surface area contributed by atoms with Crippen LogP contribution in [0, 0.1) is 0 Å². The summed E-state index contributed by atoms with van der Waals surface area (Å²) < 4.78 is 2.33. The van der Waals surface area contributed by atoms with Gasteiger partial charge in [-0.15, -0.1) is 24.8 Å². The van der Waals surface area contributed by atoms with Gasteiger partial charge in [-0.25, -0.2) is 9.78 Å². The Hall–Kier alpha value is -1.90.